The largest absolute Gasteiger partial charge is 0.213 e. The van der Waals surface area contributed by atoms with Gasteiger partial charge in [0.15, 0.2) is 0 Å². The average molecular weight is 383 g/mol. The number of hydrogen-bond donors (Lipinski definition) is 0. The van der Waals surface area contributed by atoms with Crippen LogP contribution in [-0.4, -0.2) is 12.5 Å². The maximum atomic E-state index is 2.53. The fourth-order valence-corrected chi connectivity index (χ4v) is 7.82. The summed E-state index contributed by atoms with van der Waals surface area (Å²) in [7, 11) is -1.05. The van der Waals surface area contributed by atoms with E-state index in [0.29, 0.717) is 5.25 Å². The second kappa shape index (κ2) is 6.53. The summed E-state index contributed by atoms with van der Waals surface area (Å²) >= 11 is 0. The van der Waals surface area contributed by atoms with Crippen LogP contribution >= 0.6 is 10.0 Å². The van der Waals surface area contributed by atoms with Gasteiger partial charge in [-0.3, -0.25) is 0 Å². The zero-order valence-electron chi connectivity index (χ0n) is 16.8. The topological polar surface area (TPSA) is 0 Å². The van der Waals surface area contributed by atoms with Crippen LogP contribution in [-0.2, 0) is 6.42 Å². The van der Waals surface area contributed by atoms with Crippen LogP contribution in [0.1, 0.15) is 40.0 Å². The predicted molar refractivity (Wildman–Crippen MR) is 125 cm³/mol. The maximum Gasteiger partial charge on any atom is 0.0363 e. The van der Waals surface area contributed by atoms with Crippen LogP contribution < -0.4 is 0 Å². The molecular weight excluding hydrogens is 356 g/mol. The normalized spacial score (nSPS) is 18.7. The van der Waals surface area contributed by atoms with E-state index < -0.39 is 10.0 Å². The Morgan fingerprint density at radius 2 is 1.39 bits per heavy atom. The lowest BCUT2D eigenvalue weighted by Gasteiger charge is -2.40. The summed E-state index contributed by atoms with van der Waals surface area (Å²) in [4.78, 5) is 1.64. The Kier molecular flexibility index (Phi) is 4.10. The standard InChI is InChI=1S/C27H26S/c1-19-17-25(24-16-10-9-14-22(19)24)28(2,3)26-18-21-13-7-8-15-23(21)27(26)20-11-5-4-6-12-20/h4-17,25H,18H2,1-3H3. The molecule has 3 aromatic carbocycles. The van der Waals surface area contributed by atoms with Crippen molar-refractivity contribution in [3.8, 4) is 0 Å². The van der Waals surface area contributed by atoms with E-state index in [9.17, 15) is 0 Å². The number of allylic oxidation sites excluding steroid dienone is 2. The molecule has 0 bridgehead atoms. The van der Waals surface area contributed by atoms with Gasteiger partial charge in [-0.2, -0.15) is 0 Å². The molecule has 1 atom stereocenters. The molecule has 0 fully saturated rings. The SMILES string of the molecule is CC1=CC(S(C)(C)C2=C(c3ccccc3)c3ccccc3C2)c2ccccc21. The molecule has 0 nitrogen and oxygen atoms in total. The molecule has 0 heterocycles. The van der Waals surface area contributed by atoms with Crippen LogP contribution in [0.3, 0.4) is 0 Å². The number of benzene rings is 3. The first-order valence-electron chi connectivity index (χ1n) is 9.94. The van der Waals surface area contributed by atoms with Gasteiger partial charge in [-0.1, -0.05) is 84.9 Å². The molecule has 0 saturated carbocycles. The van der Waals surface area contributed by atoms with E-state index in [-0.39, 0.29) is 0 Å². The number of fused-ring (bicyclic) bond motifs is 2. The lowest BCUT2D eigenvalue weighted by atomic mass is 9.99. The number of rotatable bonds is 3. The van der Waals surface area contributed by atoms with Crippen molar-refractivity contribution in [3.05, 3.63) is 118 Å². The second-order valence-corrected chi connectivity index (χ2v) is 12.1. The van der Waals surface area contributed by atoms with E-state index in [0.717, 1.165) is 6.42 Å². The van der Waals surface area contributed by atoms with Gasteiger partial charge >= 0.3 is 0 Å². The summed E-state index contributed by atoms with van der Waals surface area (Å²) in [6.07, 6.45) is 8.65. The van der Waals surface area contributed by atoms with Crippen LogP contribution in [0, 0.1) is 0 Å². The van der Waals surface area contributed by atoms with Crippen LogP contribution in [0.4, 0.5) is 0 Å². The van der Waals surface area contributed by atoms with Gasteiger partial charge in [0, 0.05) is 11.7 Å². The Labute approximate surface area is 169 Å². The summed E-state index contributed by atoms with van der Waals surface area (Å²) in [5, 5.41) is 0.492. The van der Waals surface area contributed by atoms with Crippen molar-refractivity contribution in [3.63, 3.8) is 0 Å². The molecule has 0 saturated heterocycles. The molecule has 1 heteroatoms. The first-order chi connectivity index (χ1) is 13.6. The fourth-order valence-electron chi connectivity index (χ4n) is 4.85. The molecule has 0 aromatic heterocycles. The van der Waals surface area contributed by atoms with Gasteiger partial charge in [0.2, 0.25) is 0 Å². The molecule has 0 aliphatic heterocycles. The Bertz CT molecular complexity index is 1120. The summed E-state index contributed by atoms with van der Waals surface area (Å²) in [5.41, 5.74) is 10.1. The lowest BCUT2D eigenvalue weighted by molar-refractivity contribution is 1.22. The third kappa shape index (κ3) is 2.61. The second-order valence-electron chi connectivity index (χ2n) is 8.26. The van der Waals surface area contributed by atoms with Gasteiger partial charge < -0.3 is 0 Å². The molecule has 3 aromatic rings. The van der Waals surface area contributed by atoms with Gasteiger partial charge in [-0.05, 0) is 63.3 Å². The van der Waals surface area contributed by atoms with Crippen LogP contribution in [0.2, 0.25) is 0 Å². The first-order valence-corrected chi connectivity index (χ1v) is 12.5. The molecule has 0 radical (unpaired) electrons. The first kappa shape index (κ1) is 17.6. The highest BCUT2D eigenvalue weighted by Crippen LogP contribution is 2.68. The fraction of sp³-hybridized carbons (Fsp3) is 0.185. The molecule has 28 heavy (non-hydrogen) atoms. The van der Waals surface area contributed by atoms with Crippen molar-refractivity contribution in [1.29, 1.82) is 0 Å². The van der Waals surface area contributed by atoms with Crippen LogP contribution in [0.25, 0.3) is 11.1 Å². The van der Waals surface area contributed by atoms with E-state index in [1.807, 2.05) is 0 Å². The van der Waals surface area contributed by atoms with Gasteiger partial charge in [0.05, 0.1) is 0 Å². The van der Waals surface area contributed by atoms with Crippen molar-refractivity contribution < 1.29 is 0 Å². The minimum absolute atomic E-state index is 0.492. The highest BCUT2D eigenvalue weighted by atomic mass is 32.3. The Hall–Kier alpha value is -2.51. The smallest absolute Gasteiger partial charge is 0.0363 e. The van der Waals surface area contributed by atoms with Crippen LogP contribution in [0.15, 0.2) is 89.8 Å². The van der Waals surface area contributed by atoms with Gasteiger partial charge in [-0.15, -0.1) is 0 Å². The molecule has 5 rings (SSSR count). The Morgan fingerprint density at radius 3 is 2.18 bits per heavy atom. The van der Waals surface area contributed by atoms with Crippen molar-refractivity contribution in [1.82, 2.24) is 0 Å². The van der Waals surface area contributed by atoms with Crippen molar-refractivity contribution in [2.45, 2.75) is 18.6 Å². The zero-order valence-corrected chi connectivity index (χ0v) is 17.6. The van der Waals surface area contributed by atoms with E-state index >= 15 is 0 Å². The third-order valence-corrected chi connectivity index (χ3v) is 9.62. The lowest BCUT2D eigenvalue weighted by Crippen LogP contribution is -2.09. The summed E-state index contributed by atoms with van der Waals surface area (Å²) in [6, 6.07) is 29.0. The van der Waals surface area contributed by atoms with Crippen molar-refractivity contribution >= 4 is 21.2 Å². The highest BCUT2D eigenvalue weighted by molar-refractivity contribution is 8.36. The van der Waals surface area contributed by atoms with Gasteiger partial charge in [0.25, 0.3) is 0 Å². The highest BCUT2D eigenvalue weighted by Gasteiger charge is 2.37. The maximum absolute atomic E-state index is 2.53. The number of hydrogen-bond acceptors (Lipinski definition) is 0. The Morgan fingerprint density at radius 1 is 0.750 bits per heavy atom. The molecule has 140 valence electrons. The molecule has 0 spiro atoms. The summed E-state index contributed by atoms with van der Waals surface area (Å²) in [5.74, 6) is 0. The van der Waals surface area contributed by atoms with E-state index in [1.165, 1.54) is 39.0 Å². The van der Waals surface area contributed by atoms with Gasteiger partial charge in [0.1, 0.15) is 0 Å². The van der Waals surface area contributed by atoms with E-state index in [2.05, 4.69) is 104 Å². The van der Waals surface area contributed by atoms with Crippen molar-refractivity contribution in [2.24, 2.45) is 0 Å². The van der Waals surface area contributed by atoms with E-state index in [1.54, 1.807) is 4.91 Å². The molecule has 2 aliphatic carbocycles. The monoisotopic (exact) mass is 382 g/mol. The van der Waals surface area contributed by atoms with Crippen LogP contribution in [0.5, 0.6) is 0 Å². The summed E-state index contributed by atoms with van der Waals surface area (Å²) in [6.45, 7) is 2.27. The van der Waals surface area contributed by atoms with Crippen molar-refractivity contribution in [2.75, 3.05) is 12.5 Å². The molecule has 0 N–H and O–H groups in total. The quantitative estimate of drug-likeness (QED) is 0.448. The average Bonchev–Trinajstić information content (AvgIpc) is 3.28. The zero-order chi connectivity index (χ0) is 19.3. The predicted octanol–water partition coefficient (Wildman–Crippen LogP) is 7.22. The Balaban J connectivity index is 1.71. The van der Waals surface area contributed by atoms with E-state index in [4.69, 9.17) is 0 Å². The minimum Gasteiger partial charge on any atom is -0.213 e. The van der Waals surface area contributed by atoms with Gasteiger partial charge in [-0.25, -0.2) is 10.0 Å². The summed E-state index contributed by atoms with van der Waals surface area (Å²) < 4.78 is 0. The molecule has 2 aliphatic rings. The minimum atomic E-state index is -1.05. The third-order valence-electron chi connectivity index (χ3n) is 6.34. The molecule has 1 unspecified atom stereocenters. The molecular formula is C27H26S. The molecule has 0 amide bonds.